The summed E-state index contributed by atoms with van der Waals surface area (Å²) in [6.07, 6.45) is 2.53. The predicted octanol–water partition coefficient (Wildman–Crippen LogP) is 3.96. The van der Waals surface area contributed by atoms with Gasteiger partial charge in [-0.2, -0.15) is 5.10 Å². The number of carbonyl (C=O) groups excluding carboxylic acids is 1. The van der Waals surface area contributed by atoms with E-state index in [1.807, 2.05) is 0 Å². The van der Waals surface area contributed by atoms with E-state index in [9.17, 15) is 19.7 Å². The van der Waals surface area contributed by atoms with Crippen LogP contribution in [-0.2, 0) is 11.3 Å². The van der Waals surface area contributed by atoms with Crippen molar-refractivity contribution in [3.05, 3.63) is 75.6 Å². The van der Waals surface area contributed by atoms with Gasteiger partial charge in [0.1, 0.15) is 11.5 Å². The number of carbonyl (C=O) groups is 2. The number of nitro benzene ring substituents is 1. The number of anilines is 1. The first-order chi connectivity index (χ1) is 14.3. The summed E-state index contributed by atoms with van der Waals surface area (Å²) in [7, 11) is 0. The van der Waals surface area contributed by atoms with Gasteiger partial charge in [-0.3, -0.25) is 24.4 Å². The summed E-state index contributed by atoms with van der Waals surface area (Å²) in [5, 5.41) is 26.9. The molecule has 1 aromatic heterocycles. The molecule has 1 amide bonds. The topological polar surface area (TPSA) is 137 Å². The van der Waals surface area contributed by atoms with Gasteiger partial charge in [-0.15, -0.1) is 0 Å². The average molecular weight is 431 g/mol. The molecular formula is C19H15ClN4O6. The predicted molar refractivity (Wildman–Crippen MR) is 107 cm³/mol. The normalized spacial score (nSPS) is 10.4. The van der Waals surface area contributed by atoms with Crippen LogP contribution >= 0.6 is 11.6 Å². The van der Waals surface area contributed by atoms with Crippen LogP contribution in [0.15, 0.2) is 54.9 Å². The Labute approximate surface area is 174 Å². The second-order valence-electron chi connectivity index (χ2n) is 6.12. The maximum atomic E-state index is 12.4. The summed E-state index contributed by atoms with van der Waals surface area (Å²) >= 11 is 5.83. The summed E-state index contributed by atoms with van der Waals surface area (Å²) in [6.45, 7) is 0.110. The number of non-ortho nitro benzene ring substituents is 1. The molecule has 0 saturated heterocycles. The number of rotatable bonds is 8. The largest absolute Gasteiger partial charge is 0.481 e. The van der Waals surface area contributed by atoms with Crippen molar-refractivity contribution in [1.29, 1.82) is 0 Å². The van der Waals surface area contributed by atoms with Gasteiger partial charge in [-0.1, -0.05) is 11.6 Å². The van der Waals surface area contributed by atoms with Crippen molar-refractivity contribution in [3.63, 3.8) is 0 Å². The molecule has 0 aliphatic rings. The van der Waals surface area contributed by atoms with Crippen molar-refractivity contribution in [2.24, 2.45) is 0 Å². The summed E-state index contributed by atoms with van der Waals surface area (Å²) in [5.41, 5.74) is 0.0532. The fourth-order valence-electron chi connectivity index (χ4n) is 2.48. The third-order valence-electron chi connectivity index (χ3n) is 3.86. The lowest BCUT2D eigenvalue weighted by Crippen LogP contribution is -2.11. The van der Waals surface area contributed by atoms with E-state index in [1.165, 1.54) is 35.3 Å². The fourth-order valence-corrected chi connectivity index (χ4v) is 2.60. The van der Waals surface area contributed by atoms with Crippen molar-refractivity contribution in [3.8, 4) is 11.5 Å². The molecule has 154 valence electrons. The number of hydrogen-bond donors (Lipinski definition) is 2. The van der Waals surface area contributed by atoms with E-state index < -0.39 is 16.8 Å². The maximum absolute atomic E-state index is 12.4. The molecule has 1 heterocycles. The van der Waals surface area contributed by atoms with E-state index in [-0.39, 0.29) is 35.7 Å². The van der Waals surface area contributed by atoms with E-state index in [0.717, 1.165) is 0 Å². The minimum atomic E-state index is -0.985. The molecule has 3 rings (SSSR count). The molecule has 10 nitrogen and oxygen atoms in total. The molecule has 3 aromatic rings. The maximum Gasteiger partial charge on any atom is 0.305 e. The van der Waals surface area contributed by atoms with E-state index in [0.29, 0.717) is 10.8 Å². The van der Waals surface area contributed by atoms with Crippen LogP contribution in [0, 0.1) is 10.1 Å². The number of carboxylic acid groups (broad SMARTS) is 1. The number of nitrogens with zero attached hydrogens (tertiary/aromatic N) is 3. The Morgan fingerprint density at radius 3 is 2.60 bits per heavy atom. The van der Waals surface area contributed by atoms with Crippen LogP contribution in [0.5, 0.6) is 11.5 Å². The van der Waals surface area contributed by atoms with Gasteiger partial charge in [-0.25, -0.2) is 0 Å². The highest BCUT2D eigenvalue weighted by molar-refractivity contribution is 6.30. The van der Waals surface area contributed by atoms with Crippen molar-refractivity contribution >= 4 is 34.9 Å². The number of hydrogen-bond acceptors (Lipinski definition) is 6. The molecular weight excluding hydrogens is 416 g/mol. The van der Waals surface area contributed by atoms with Crippen LogP contribution in [0.4, 0.5) is 11.4 Å². The van der Waals surface area contributed by atoms with Crippen LogP contribution in [-0.4, -0.2) is 31.7 Å². The summed E-state index contributed by atoms with van der Waals surface area (Å²) in [6, 6.07) is 10.3. The van der Waals surface area contributed by atoms with E-state index >= 15 is 0 Å². The van der Waals surface area contributed by atoms with Gasteiger partial charge < -0.3 is 15.2 Å². The highest BCUT2D eigenvalue weighted by Gasteiger charge is 2.15. The fraction of sp³-hybridized carbons (Fsp3) is 0.105. The molecule has 0 unspecified atom stereocenters. The molecule has 0 spiro atoms. The summed E-state index contributed by atoms with van der Waals surface area (Å²) in [4.78, 5) is 33.7. The molecule has 0 atom stereocenters. The number of aliphatic carboxylic acids is 1. The number of nitro groups is 1. The molecule has 0 bridgehead atoms. The third-order valence-corrected chi connectivity index (χ3v) is 4.11. The Morgan fingerprint density at radius 2 is 1.93 bits per heavy atom. The Bertz CT molecular complexity index is 1100. The average Bonchev–Trinajstić information content (AvgIpc) is 3.17. The number of benzene rings is 2. The van der Waals surface area contributed by atoms with Gasteiger partial charge in [-0.05, 0) is 24.3 Å². The van der Waals surface area contributed by atoms with E-state index in [4.69, 9.17) is 21.4 Å². The Kier molecular flexibility index (Phi) is 6.28. The Balaban J connectivity index is 1.78. The molecule has 0 radical (unpaired) electrons. The molecule has 0 fully saturated rings. The van der Waals surface area contributed by atoms with Crippen LogP contribution < -0.4 is 10.1 Å². The SMILES string of the molecule is O=C(O)CCn1cc(C(=O)Nc2cc(Oc3ccc(Cl)cc3)cc([N+](=O)[O-])c2)cn1. The molecule has 0 aliphatic carbocycles. The van der Waals surface area contributed by atoms with Crippen molar-refractivity contribution in [2.45, 2.75) is 13.0 Å². The third kappa shape index (κ3) is 5.55. The monoisotopic (exact) mass is 430 g/mol. The van der Waals surface area contributed by atoms with Crippen LogP contribution in [0.25, 0.3) is 0 Å². The van der Waals surface area contributed by atoms with E-state index in [2.05, 4.69) is 10.4 Å². The minimum absolute atomic E-state index is 0.110. The lowest BCUT2D eigenvalue weighted by Gasteiger charge is -2.09. The van der Waals surface area contributed by atoms with Crippen LogP contribution in [0.3, 0.4) is 0 Å². The molecule has 2 N–H and O–H groups in total. The second-order valence-corrected chi connectivity index (χ2v) is 6.56. The number of carboxylic acids is 1. The lowest BCUT2D eigenvalue weighted by molar-refractivity contribution is -0.384. The van der Waals surface area contributed by atoms with Crippen molar-refractivity contribution < 1.29 is 24.4 Å². The highest BCUT2D eigenvalue weighted by atomic mass is 35.5. The Morgan fingerprint density at radius 1 is 1.20 bits per heavy atom. The van der Waals surface area contributed by atoms with Gasteiger partial charge in [0.15, 0.2) is 0 Å². The van der Waals surface area contributed by atoms with Gasteiger partial charge in [0.2, 0.25) is 0 Å². The van der Waals surface area contributed by atoms with E-state index in [1.54, 1.807) is 24.3 Å². The number of aromatic nitrogens is 2. The zero-order valence-electron chi connectivity index (χ0n) is 15.3. The first kappa shape index (κ1) is 20.8. The molecule has 2 aromatic carbocycles. The standard InChI is InChI=1S/C19H15ClN4O6/c20-13-1-3-16(4-2-13)30-17-8-14(7-15(9-17)24(28)29)22-19(27)12-10-21-23(11-12)6-5-18(25)26/h1-4,7-11H,5-6H2,(H,22,27)(H,25,26). The first-order valence-electron chi connectivity index (χ1n) is 8.58. The number of aryl methyl sites for hydroxylation is 1. The minimum Gasteiger partial charge on any atom is -0.481 e. The smallest absolute Gasteiger partial charge is 0.305 e. The highest BCUT2D eigenvalue weighted by Crippen LogP contribution is 2.30. The van der Waals surface area contributed by atoms with Gasteiger partial charge in [0.25, 0.3) is 11.6 Å². The summed E-state index contributed by atoms with van der Waals surface area (Å²) in [5.74, 6) is -0.980. The molecule has 11 heteroatoms. The number of ether oxygens (including phenoxy) is 1. The van der Waals surface area contributed by atoms with Gasteiger partial charge in [0, 0.05) is 23.4 Å². The lowest BCUT2D eigenvalue weighted by atomic mass is 10.2. The Hall–Kier alpha value is -3.92. The second kappa shape index (κ2) is 9.05. The first-order valence-corrected chi connectivity index (χ1v) is 8.96. The number of amides is 1. The summed E-state index contributed by atoms with van der Waals surface area (Å²) < 4.78 is 6.95. The van der Waals surface area contributed by atoms with Gasteiger partial charge in [0.05, 0.1) is 41.4 Å². The molecule has 0 saturated carbocycles. The number of nitrogens with one attached hydrogen (secondary N) is 1. The van der Waals surface area contributed by atoms with Crippen LogP contribution in [0.2, 0.25) is 5.02 Å². The van der Waals surface area contributed by atoms with Crippen molar-refractivity contribution in [1.82, 2.24) is 9.78 Å². The zero-order valence-corrected chi connectivity index (χ0v) is 16.1. The van der Waals surface area contributed by atoms with Gasteiger partial charge >= 0.3 is 5.97 Å². The van der Waals surface area contributed by atoms with Crippen LogP contribution in [0.1, 0.15) is 16.8 Å². The molecule has 30 heavy (non-hydrogen) atoms. The molecule has 0 aliphatic heterocycles. The quantitative estimate of drug-likeness (QED) is 0.407. The van der Waals surface area contributed by atoms with Crippen molar-refractivity contribution in [2.75, 3.05) is 5.32 Å². The number of halogens is 1. The zero-order chi connectivity index (χ0) is 21.7.